The van der Waals surface area contributed by atoms with Crippen molar-refractivity contribution in [2.75, 3.05) is 12.0 Å². The van der Waals surface area contributed by atoms with E-state index in [0.717, 1.165) is 21.7 Å². The van der Waals surface area contributed by atoms with Crippen LogP contribution < -0.4 is 4.90 Å². The molecule has 0 bridgehead atoms. The van der Waals surface area contributed by atoms with Gasteiger partial charge in [-0.3, -0.25) is 4.79 Å². The Bertz CT molecular complexity index is 887. The summed E-state index contributed by atoms with van der Waals surface area (Å²) in [5.41, 5.74) is 4.19. The lowest BCUT2D eigenvalue weighted by Gasteiger charge is -2.22. The van der Waals surface area contributed by atoms with Crippen molar-refractivity contribution >= 4 is 34.9 Å². The summed E-state index contributed by atoms with van der Waals surface area (Å²) in [6.45, 7) is 5.80. The van der Waals surface area contributed by atoms with Gasteiger partial charge in [0, 0.05) is 16.3 Å². The van der Waals surface area contributed by atoms with Crippen LogP contribution in [0, 0.1) is 13.8 Å². The highest BCUT2D eigenvalue weighted by atomic mass is 32.1. The number of ketones is 1. The van der Waals surface area contributed by atoms with Gasteiger partial charge in [0.05, 0.1) is 12.8 Å². The molecule has 4 nitrogen and oxygen atoms in total. The van der Waals surface area contributed by atoms with Crippen LogP contribution in [0.1, 0.15) is 22.9 Å². The van der Waals surface area contributed by atoms with Crippen LogP contribution >= 0.6 is 11.3 Å². The second kappa shape index (κ2) is 6.69. The minimum absolute atomic E-state index is 0.0875. The maximum atomic E-state index is 12.9. The minimum atomic E-state index is -0.605. The molecular weight excluding hydrogens is 334 g/mol. The Balaban J connectivity index is 2.20. The largest absolute Gasteiger partial charge is 0.465 e. The lowest BCUT2D eigenvalue weighted by atomic mass is 10.1. The molecule has 0 saturated heterocycles. The van der Waals surface area contributed by atoms with Crippen LogP contribution in [0.4, 0.5) is 5.69 Å². The van der Waals surface area contributed by atoms with E-state index in [0.29, 0.717) is 11.4 Å². The number of carbonyl (C=O) groups excluding carboxylic acids is 2. The zero-order chi connectivity index (χ0) is 18.1. The van der Waals surface area contributed by atoms with E-state index in [9.17, 15) is 9.59 Å². The van der Waals surface area contributed by atoms with Gasteiger partial charge < -0.3 is 9.64 Å². The number of Topliss-reactive ketones (excluding diaryl/α,β-unsaturated/α-hetero) is 1. The maximum Gasteiger partial charge on any atom is 0.343 e. The number of rotatable bonds is 3. The van der Waals surface area contributed by atoms with Gasteiger partial charge in [-0.25, -0.2) is 4.79 Å². The number of methoxy groups -OCH3 is 1. The number of hydrogen-bond donors (Lipinski definition) is 0. The molecule has 128 valence electrons. The second-order valence-electron chi connectivity index (χ2n) is 6.01. The lowest BCUT2D eigenvalue weighted by Crippen LogP contribution is -2.18. The molecular formula is C20H19NO3S. The third-order valence-electron chi connectivity index (χ3n) is 4.07. The lowest BCUT2D eigenvalue weighted by molar-refractivity contribution is -0.137. The van der Waals surface area contributed by atoms with E-state index >= 15 is 0 Å². The summed E-state index contributed by atoms with van der Waals surface area (Å²) >= 11 is 1.54. The number of carbonyl (C=O) groups is 2. The smallest absolute Gasteiger partial charge is 0.343 e. The zero-order valence-electron chi connectivity index (χ0n) is 14.6. The summed E-state index contributed by atoms with van der Waals surface area (Å²) in [6, 6.07) is 9.96. The molecule has 0 spiro atoms. The standard InChI is InChI=1S/C20H19NO3S/c1-12-8-13(2)10-15(9-12)21-14(3)18(20(23)24-4)19(22)17(21)11-16-6-5-7-25-16/h5-11H,1-4H3/b17-11+. The van der Waals surface area contributed by atoms with Gasteiger partial charge in [-0.05, 0) is 61.6 Å². The molecule has 2 heterocycles. The fourth-order valence-corrected chi connectivity index (χ4v) is 3.73. The van der Waals surface area contributed by atoms with Crippen molar-refractivity contribution in [1.29, 1.82) is 0 Å². The molecule has 2 aromatic rings. The fourth-order valence-electron chi connectivity index (χ4n) is 3.08. The summed E-state index contributed by atoms with van der Waals surface area (Å²) in [5.74, 6) is -0.914. The van der Waals surface area contributed by atoms with E-state index in [1.165, 1.54) is 7.11 Å². The van der Waals surface area contributed by atoms with Crippen molar-refractivity contribution in [3.05, 3.63) is 68.7 Å². The molecule has 0 unspecified atom stereocenters. The highest BCUT2D eigenvalue weighted by Gasteiger charge is 2.38. The first-order valence-corrected chi connectivity index (χ1v) is 8.78. The van der Waals surface area contributed by atoms with Gasteiger partial charge in [0.1, 0.15) is 5.57 Å². The Morgan fingerprint density at radius 3 is 2.40 bits per heavy atom. The van der Waals surface area contributed by atoms with E-state index in [2.05, 4.69) is 6.07 Å². The normalized spacial score (nSPS) is 16.1. The van der Waals surface area contributed by atoms with Crippen molar-refractivity contribution in [3.8, 4) is 0 Å². The number of anilines is 1. The number of ether oxygens (including phenoxy) is 1. The number of aryl methyl sites for hydroxylation is 2. The van der Waals surface area contributed by atoms with E-state index in [1.807, 2.05) is 54.5 Å². The highest BCUT2D eigenvalue weighted by molar-refractivity contribution is 7.10. The Labute approximate surface area is 151 Å². The van der Waals surface area contributed by atoms with Gasteiger partial charge in [-0.1, -0.05) is 12.1 Å². The first-order valence-electron chi connectivity index (χ1n) is 7.90. The van der Waals surface area contributed by atoms with Gasteiger partial charge in [0.2, 0.25) is 5.78 Å². The fraction of sp³-hybridized carbons (Fsp3) is 0.200. The molecule has 0 amide bonds. The molecule has 1 aromatic heterocycles. The van der Waals surface area contributed by atoms with Crippen LogP contribution in [0.2, 0.25) is 0 Å². The zero-order valence-corrected chi connectivity index (χ0v) is 15.4. The number of allylic oxidation sites excluding steroid dienone is 2. The Morgan fingerprint density at radius 2 is 1.84 bits per heavy atom. The SMILES string of the molecule is COC(=O)C1=C(C)N(c2cc(C)cc(C)c2)/C(=C/c2cccs2)C1=O. The monoisotopic (exact) mass is 353 g/mol. The van der Waals surface area contributed by atoms with E-state index in [4.69, 9.17) is 4.74 Å². The molecule has 0 N–H and O–H groups in total. The van der Waals surface area contributed by atoms with Crippen molar-refractivity contribution in [2.45, 2.75) is 20.8 Å². The molecule has 1 aliphatic heterocycles. The third kappa shape index (κ3) is 3.15. The van der Waals surface area contributed by atoms with Gasteiger partial charge >= 0.3 is 5.97 Å². The third-order valence-corrected chi connectivity index (χ3v) is 4.89. The highest BCUT2D eigenvalue weighted by Crippen LogP contribution is 2.36. The molecule has 1 aliphatic rings. The van der Waals surface area contributed by atoms with Crippen LogP contribution in [-0.2, 0) is 14.3 Å². The molecule has 0 fully saturated rings. The van der Waals surface area contributed by atoms with Gasteiger partial charge in [-0.15, -0.1) is 11.3 Å². The quantitative estimate of drug-likeness (QED) is 0.470. The first-order chi connectivity index (χ1) is 11.9. The summed E-state index contributed by atoms with van der Waals surface area (Å²) in [5, 5.41) is 1.95. The number of benzene rings is 1. The molecule has 0 atom stereocenters. The molecule has 0 saturated carbocycles. The average molecular weight is 353 g/mol. The Morgan fingerprint density at radius 1 is 1.16 bits per heavy atom. The summed E-state index contributed by atoms with van der Waals surface area (Å²) in [4.78, 5) is 27.9. The van der Waals surface area contributed by atoms with Crippen LogP contribution in [0.3, 0.4) is 0 Å². The predicted molar refractivity (Wildman–Crippen MR) is 100 cm³/mol. The number of esters is 1. The minimum Gasteiger partial charge on any atom is -0.465 e. The van der Waals surface area contributed by atoms with Crippen molar-refractivity contribution in [3.63, 3.8) is 0 Å². The average Bonchev–Trinajstić information content (AvgIpc) is 3.13. The van der Waals surface area contributed by atoms with Crippen LogP contribution in [0.5, 0.6) is 0 Å². The number of thiophene rings is 1. The topological polar surface area (TPSA) is 46.6 Å². The number of nitrogens with zero attached hydrogens (tertiary/aromatic N) is 1. The molecule has 0 radical (unpaired) electrons. The molecule has 25 heavy (non-hydrogen) atoms. The second-order valence-corrected chi connectivity index (χ2v) is 6.99. The summed E-state index contributed by atoms with van der Waals surface area (Å²) in [6.07, 6.45) is 1.82. The molecule has 5 heteroatoms. The van der Waals surface area contributed by atoms with Gasteiger partial charge in [0.15, 0.2) is 0 Å². The van der Waals surface area contributed by atoms with E-state index in [1.54, 1.807) is 18.3 Å². The Kier molecular flexibility index (Phi) is 4.59. The number of hydrogen-bond acceptors (Lipinski definition) is 5. The predicted octanol–water partition coefficient (Wildman–Crippen LogP) is 4.24. The molecule has 0 aliphatic carbocycles. The summed E-state index contributed by atoms with van der Waals surface area (Å²) in [7, 11) is 1.29. The maximum absolute atomic E-state index is 12.9. The first kappa shape index (κ1) is 17.2. The molecule has 1 aromatic carbocycles. The van der Waals surface area contributed by atoms with Crippen molar-refractivity contribution < 1.29 is 14.3 Å². The van der Waals surface area contributed by atoms with Crippen LogP contribution in [0.15, 0.2) is 52.7 Å². The van der Waals surface area contributed by atoms with Crippen molar-refractivity contribution in [2.24, 2.45) is 0 Å². The Hall–Kier alpha value is -2.66. The van der Waals surface area contributed by atoms with E-state index < -0.39 is 5.97 Å². The van der Waals surface area contributed by atoms with Crippen molar-refractivity contribution in [1.82, 2.24) is 0 Å². The molecule has 3 rings (SSSR count). The van der Waals surface area contributed by atoms with E-state index in [-0.39, 0.29) is 11.4 Å². The van der Waals surface area contributed by atoms with Gasteiger partial charge in [0.25, 0.3) is 0 Å². The van der Waals surface area contributed by atoms with Crippen LogP contribution in [0.25, 0.3) is 6.08 Å². The van der Waals surface area contributed by atoms with Gasteiger partial charge in [-0.2, -0.15) is 0 Å². The van der Waals surface area contributed by atoms with Crippen LogP contribution in [-0.4, -0.2) is 18.9 Å². The summed E-state index contributed by atoms with van der Waals surface area (Å²) < 4.78 is 4.82.